The number of rotatable bonds is 5. The largest absolute Gasteiger partial charge is 0.310 e. The molecule has 5 nitrogen and oxygen atoms in total. The predicted molar refractivity (Wildman–Crippen MR) is 86.5 cm³/mol. The number of nitrogens with zero attached hydrogens (tertiary/aromatic N) is 1. The molecule has 1 aromatic carbocycles. The van der Waals surface area contributed by atoms with Crippen molar-refractivity contribution in [2.24, 2.45) is 5.92 Å². The fourth-order valence-corrected chi connectivity index (χ4v) is 4.64. The van der Waals surface area contributed by atoms with Crippen LogP contribution in [0.4, 0.5) is 5.69 Å². The minimum atomic E-state index is -0.397. The zero-order valence-electron chi connectivity index (χ0n) is 12.6. The molecule has 0 unspecified atom stereocenters. The van der Waals surface area contributed by atoms with Crippen LogP contribution in [0.1, 0.15) is 43.0 Å². The van der Waals surface area contributed by atoms with Gasteiger partial charge in [-0.25, -0.2) is 0 Å². The molecule has 1 saturated carbocycles. The molecule has 118 valence electrons. The van der Waals surface area contributed by atoms with Crippen molar-refractivity contribution in [3.05, 3.63) is 33.9 Å². The van der Waals surface area contributed by atoms with Crippen molar-refractivity contribution < 1.29 is 9.72 Å². The number of nitro groups is 1. The SMILES string of the molecule is CC(=O)c1ccc(SC[C@@H]2C[C@@H]3CCC[C@@H]3N2)c([N+](=O)[O-])c1. The maximum Gasteiger partial charge on any atom is 0.283 e. The lowest BCUT2D eigenvalue weighted by atomic mass is 10.0. The van der Waals surface area contributed by atoms with E-state index in [-0.39, 0.29) is 11.5 Å². The van der Waals surface area contributed by atoms with Crippen molar-refractivity contribution in [1.29, 1.82) is 0 Å². The Kier molecular flexibility index (Phi) is 4.49. The van der Waals surface area contributed by atoms with E-state index in [0.717, 1.165) is 11.7 Å². The van der Waals surface area contributed by atoms with Gasteiger partial charge in [0, 0.05) is 29.5 Å². The summed E-state index contributed by atoms with van der Waals surface area (Å²) in [7, 11) is 0. The van der Waals surface area contributed by atoms with E-state index < -0.39 is 4.92 Å². The average molecular weight is 320 g/mol. The molecular formula is C16H20N2O3S. The quantitative estimate of drug-likeness (QED) is 0.389. The van der Waals surface area contributed by atoms with E-state index in [1.54, 1.807) is 12.1 Å². The molecule has 0 amide bonds. The smallest absolute Gasteiger partial charge is 0.283 e. The second-order valence-electron chi connectivity index (χ2n) is 6.20. The third kappa shape index (κ3) is 3.17. The number of Topliss-reactive ketones (excluding diaryl/α,β-unsaturated/α-hetero) is 1. The highest BCUT2D eigenvalue weighted by Gasteiger charge is 2.36. The molecule has 22 heavy (non-hydrogen) atoms. The molecule has 0 bridgehead atoms. The third-order valence-electron chi connectivity index (χ3n) is 4.70. The Labute approximate surface area is 134 Å². The van der Waals surface area contributed by atoms with E-state index in [2.05, 4.69) is 5.32 Å². The summed E-state index contributed by atoms with van der Waals surface area (Å²) in [6, 6.07) is 5.86. The highest BCUT2D eigenvalue weighted by Crippen LogP contribution is 2.37. The third-order valence-corrected chi connectivity index (χ3v) is 5.92. The van der Waals surface area contributed by atoms with Gasteiger partial charge in [0.2, 0.25) is 0 Å². The second-order valence-corrected chi connectivity index (χ2v) is 7.27. The van der Waals surface area contributed by atoms with Crippen LogP contribution in [0.3, 0.4) is 0 Å². The summed E-state index contributed by atoms with van der Waals surface area (Å²) >= 11 is 1.52. The zero-order valence-corrected chi connectivity index (χ0v) is 13.4. The van der Waals surface area contributed by atoms with Crippen molar-refractivity contribution in [3.63, 3.8) is 0 Å². The Bertz CT molecular complexity index is 593. The molecule has 1 aliphatic carbocycles. The van der Waals surface area contributed by atoms with Gasteiger partial charge in [-0.05, 0) is 44.2 Å². The summed E-state index contributed by atoms with van der Waals surface area (Å²) in [5, 5.41) is 14.9. The van der Waals surface area contributed by atoms with Crippen LogP contribution in [0, 0.1) is 16.0 Å². The highest BCUT2D eigenvalue weighted by molar-refractivity contribution is 7.99. The number of benzene rings is 1. The molecular weight excluding hydrogens is 300 g/mol. The lowest BCUT2D eigenvalue weighted by Crippen LogP contribution is -2.30. The topological polar surface area (TPSA) is 72.2 Å². The number of carbonyl (C=O) groups excluding carboxylic acids is 1. The number of hydrogen-bond acceptors (Lipinski definition) is 5. The minimum Gasteiger partial charge on any atom is -0.310 e. The molecule has 2 fully saturated rings. The minimum absolute atomic E-state index is 0.0379. The normalized spacial score (nSPS) is 26.9. The molecule has 0 aromatic heterocycles. The van der Waals surface area contributed by atoms with Crippen LogP contribution >= 0.6 is 11.8 Å². The van der Waals surface area contributed by atoms with Gasteiger partial charge in [-0.2, -0.15) is 0 Å². The van der Waals surface area contributed by atoms with Gasteiger partial charge in [0.1, 0.15) is 0 Å². The highest BCUT2D eigenvalue weighted by atomic mass is 32.2. The fraction of sp³-hybridized carbons (Fsp3) is 0.562. The van der Waals surface area contributed by atoms with Crippen LogP contribution in [0.15, 0.2) is 23.1 Å². The van der Waals surface area contributed by atoms with E-state index in [1.807, 2.05) is 0 Å². The summed E-state index contributed by atoms with van der Waals surface area (Å²) in [5.74, 6) is 1.48. The van der Waals surface area contributed by atoms with Crippen LogP contribution < -0.4 is 5.32 Å². The van der Waals surface area contributed by atoms with Gasteiger partial charge in [0.05, 0.1) is 9.82 Å². The van der Waals surface area contributed by atoms with E-state index in [9.17, 15) is 14.9 Å². The molecule has 3 rings (SSSR count). The van der Waals surface area contributed by atoms with Crippen LogP contribution in [0.2, 0.25) is 0 Å². The Balaban J connectivity index is 1.67. The number of fused-ring (bicyclic) bond motifs is 1. The predicted octanol–water partition coefficient (Wildman–Crippen LogP) is 3.42. The van der Waals surface area contributed by atoms with Gasteiger partial charge in [-0.3, -0.25) is 14.9 Å². The summed E-state index contributed by atoms with van der Waals surface area (Å²) in [4.78, 5) is 22.8. The monoisotopic (exact) mass is 320 g/mol. The van der Waals surface area contributed by atoms with Crippen molar-refractivity contribution in [1.82, 2.24) is 5.32 Å². The number of ketones is 1. The first-order chi connectivity index (χ1) is 10.5. The van der Waals surface area contributed by atoms with Crippen molar-refractivity contribution in [3.8, 4) is 0 Å². The van der Waals surface area contributed by atoms with E-state index in [0.29, 0.717) is 22.5 Å². The van der Waals surface area contributed by atoms with Gasteiger partial charge < -0.3 is 5.32 Å². The molecule has 2 aliphatic rings. The number of thioether (sulfide) groups is 1. The summed E-state index contributed by atoms with van der Waals surface area (Å²) in [6.07, 6.45) is 5.07. The van der Waals surface area contributed by atoms with Crippen molar-refractivity contribution in [2.45, 2.75) is 49.6 Å². The fourth-order valence-electron chi connectivity index (χ4n) is 3.58. The second kappa shape index (κ2) is 6.38. The molecule has 1 heterocycles. The maximum atomic E-state index is 11.4. The number of carbonyl (C=O) groups is 1. The Morgan fingerprint density at radius 2 is 2.27 bits per heavy atom. The standard InChI is InChI=1S/C16H20N2O3S/c1-10(19)11-5-6-16(15(8-11)18(20)21)22-9-13-7-12-3-2-4-14(12)17-13/h5-6,8,12-14,17H,2-4,7,9H2,1H3/t12-,13-,14-/m0/s1. The first-order valence-electron chi connectivity index (χ1n) is 7.73. The molecule has 0 radical (unpaired) electrons. The number of nitro benzene ring substituents is 1. The average Bonchev–Trinajstić information content (AvgIpc) is 3.05. The molecule has 1 N–H and O–H groups in total. The maximum absolute atomic E-state index is 11.4. The van der Waals surface area contributed by atoms with Gasteiger partial charge in [0.15, 0.2) is 5.78 Å². The van der Waals surface area contributed by atoms with Gasteiger partial charge in [0.25, 0.3) is 5.69 Å². The van der Waals surface area contributed by atoms with Gasteiger partial charge in [-0.1, -0.05) is 6.42 Å². The van der Waals surface area contributed by atoms with Crippen LogP contribution in [-0.4, -0.2) is 28.5 Å². The van der Waals surface area contributed by atoms with Gasteiger partial charge in [-0.15, -0.1) is 11.8 Å². The number of hydrogen-bond donors (Lipinski definition) is 1. The summed E-state index contributed by atoms with van der Waals surface area (Å²) in [6.45, 7) is 1.42. The van der Waals surface area contributed by atoms with E-state index in [4.69, 9.17) is 0 Å². The van der Waals surface area contributed by atoms with Gasteiger partial charge >= 0.3 is 0 Å². The summed E-state index contributed by atoms with van der Waals surface area (Å²) in [5.41, 5.74) is 0.431. The van der Waals surface area contributed by atoms with Crippen LogP contribution in [-0.2, 0) is 0 Å². The Hall–Kier alpha value is -1.40. The Morgan fingerprint density at radius 3 is 2.95 bits per heavy atom. The molecule has 1 aromatic rings. The van der Waals surface area contributed by atoms with Crippen LogP contribution in [0.25, 0.3) is 0 Å². The van der Waals surface area contributed by atoms with Crippen molar-refractivity contribution in [2.75, 3.05) is 5.75 Å². The molecule has 1 saturated heterocycles. The number of nitrogens with one attached hydrogen (secondary N) is 1. The Morgan fingerprint density at radius 1 is 1.45 bits per heavy atom. The van der Waals surface area contributed by atoms with E-state index in [1.165, 1.54) is 50.4 Å². The first-order valence-corrected chi connectivity index (χ1v) is 8.71. The zero-order chi connectivity index (χ0) is 15.7. The molecule has 3 atom stereocenters. The molecule has 0 spiro atoms. The summed E-state index contributed by atoms with van der Waals surface area (Å²) < 4.78 is 0. The molecule has 1 aliphatic heterocycles. The lowest BCUT2D eigenvalue weighted by Gasteiger charge is -2.12. The van der Waals surface area contributed by atoms with Crippen molar-refractivity contribution >= 4 is 23.2 Å². The first kappa shape index (κ1) is 15.5. The van der Waals surface area contributed by atoms with Crippen LogP contribution in [0.5, 0.6) is 0 Å². The van der Waals surface area contributed by atoms with E-state index >= 15 is 0 Å². The lowest BCUT2D eigenvalue weighted by molar-refractivity contribution is -0.387. The molecule has 6 heteroatoms.